The van der Waals surface area contributed by atoms with E-state index in [4.69, 9.17) is 0 Å². The van der Waals surface area contributed by atoms with Crippen molar-refractivity contribution in [2.24, 2.45) is 0 Å². The van der Waals surface area contributed by atoms with Crippen LogP contribution >= 0.6 is 0 Å². The van der Waals surface area contributed by atoms with Crippen LogP contribution in [0, 0.1) is 0 Å². The summed E-state index contributed by atoms with van der Waals surface area (Å²) in [6.07, 6.45) is 2.83. The first kappa shape index (κ1) is 15.4. The number of hydrogen-bond acceptors (Lipinski definition) is 4. The monoisotopic (exact) mass is 312 g/mol. The standard InChI is InChI=1S/C17H20N4O2/c22-14-8-6-13(7-9-14)18-17(23)19-16-11-10-15(20-21-16)12-4-2-1-3-5-12/h1-5,10-11,13-14,22H,6-9H2,(H2,18,19,21,23). The van der Waals surface area contributed by atoms with E-state index >= 15 is 0 Å². The summed E-state index contributed by atoms with van der Waals surface area (Å²) in [5, 5.41) is 23.2. The van der Waals surface area contributed by atoms with E-state index in [1.165, 1.54) is 0 Å². The van der Waals surface area contributed by atoms with Gasteiger partial charge in [-0.05, 0) is 37.8 Å². The molecular formula is C17H20N4O2. The topological polar surface area (TPSA) is 87.1 Å². The lowest BCUT2D eigenvalue weighted by molar-refractivity contribution is 0.118. The molecule has 3 rings (SSSR count). The lowest BCUT2D eigenvalue weighted by Gasteiger charge is -2.26. The molecular weight excluding hydrogens is 292 g/mol. The number of nitrogens with one attached hydrogen (secondary N) is 2. The molecule has 1 aliphatic rings. The normalized spacial score (nSPS) is 20.7. The van der Waals surface area contributed by atoms with Gasteiger partial charge >= 0.3 is 6.03 Å². The summed E-state index contributed by atoms with van der Waals surface area (Å²) < 4.78 is 0. The van der Waals surface area contributed by atoms with Crippen LogP contribution in [0.15, 0.2) is 42.5 Å². The molecule has 0 saturated heterocycles. The smallest absolute Gasteiger partial charge is 0.320 e. The molecule has 2 aromatic rings. The number of anilines is 1. The number of nitrogens with zero attached hydrogens (tertiary/aromatic N) is 2. The van der Waals surface area contributed by atoms with E-state index in [1.807, 2.05) is 36.4 Å². The third-order valence-electron chi connectivity index (χ3n) is 4.01. The Labute approximate surface area is 135 Å². The number of benzene rings is 1. The summed E-state index contributed by atoms with van der Waals surface area (Å²) in [5.41, 5.74) is 1.74. The molecule has 6 nitrogen and oxygen atoms in total. The molecule has 23 heavy (non-hydrogen) atoms. The maximum atomic E-state index is 12.0. The van der Waals surface area contributed by atoms with Crippen LogP contribution in [-0.4, -0.2) is 33.5 Å². The molecule has 0 bridgehead atoms. The van der Waals surface area contributed by atoms with Gasteiger partial charge in [0.1, 0.15) is 0 Å². The Hall–Kier alpha value is -2.47. The van der Waals surface area contributed by atoms with Gasteiger partial charge in [0.05, 0.1) is 11.8 Å². The van der Waals surface area contributed by atoms with Crippen LogP contribution < -0.4 is 10.6 Å². The first-order valence-corrected chi connectivity index (χ1v) is 7.85. The van der Waals surface area contributed by atoms with E-state index < -0.39 is 0 Å². The highest BCUT2D eigenvalue weighted by Gasteiger charge is 2.20. The third kappa shape index (κ3) is 4.26. The number of carbonyl (C=O) groups excluding carboxylic acids is 1. The predicted octanol–water partition coefficient (Wildman–Crippen LogP) is 2.57. The Morgan fingerprint density at radius 3 is 2.39 bits per heavy atom. The van der Waals surface area contributed by atoms with Crippen LogP contribution in [0.5, 0.6) is 0 Å². The predicted molar refractivity (Wildman–Crippen MR) is 87.9 cm³/mol. The van der Waals surface area contributed by atoms with Crippen LogP contribution in [0.4, 0.5) is 10.6 Å². The van der Waals surface area contributed by atoms with Gasteiger partial charge in [0, 0.05) is 11.6 Å². The Morgan fingerprint density at radius 2 is 1.74 bits per heavy atom. The average molecular weight is 312 g/mol. The summed E-state index contributed by atoms with van der Waals surface area (Å²) in [6.45, 7) is 0. The number of aliphatic hydroxyl groups is 1. The molecule has 1 heterocycles. The van der Waals surface area contributed by atoms with Crippen molar-refractivity contribution in [3.8, 4) is 11.3 Å². The third-order valence-corrected chi connectivity index (χ3v) is 4.01. The van der Waals surface area contributed by atoms with Crippen molar-refractivity contribution in [1.82, 2.24) is 15.5 Å². The van der Waals surface area contributed by atoms with Crippen molar-refractivity contribution >= 4 is 11.8 Å². The second-order valence-corrected chi connectivity index (χ2v) is 5.77. The molecule has 2 amide bonds. The fraction of sp³-hybridized carbons (Fsp3) is 0.353. The molecule has 1 fully saturated rings. The van der Waals surface area contributed by atoms with Gasteiger partial charge in [-0.25, -0.2) is 4.79 Å². The zero-order valence-electron chi connectivity index (χ0n) is 12.8. The van der Waals surface area contributed by atoms with E-state index in [1.54, 1.807) is 6.07 Å². The Morgan fingerprint density at radius 1 is 1.00 bits per heavy atom. The number of hydrogen-bond donors (Lipinski definition) is 3. The molecule has 1 aliphatic carbocycles. The average Bonchev–Trinajstić information content (AvgIpc) is 2.58. The minimum Gasteiger partial charge on any atom is -0.393 e. The minimum atomic E-state index is -0.284. The molecule has 0 atom stereocenters. The first-order valence-electron chi connectivity index (χ1n) is 7.85. The van der Waals surface area contributed by atoms with Crippen molar-refractivity contribution in [3.05, 3.63) is 42.5 Å². The quantitative estimate of drug-likeness (QED) is 0.813. The van der Waals surface area contributed by atoms with E-state index in [0.717, 1.165) is 36.9 Å². The van der Waals surface area contributed by atoms with E-state index in [9.17, 15) is 9.90 Å². The van der Waals surface area contributed by atoms with Crippen LogP contribution in [-0.2, 0) is 0 Å². The zero-order valence-corrected chi connectivity index (χ0v) is 12.8. The van der Waals surface area contributed by atoms with Gasteiger partial charge in [-0.1, -0.05) is 30.3 Å². The van der Waals surface area contributed by atoms with Gasteiger partial charge in [0.2, 0.25) is 0 Å². The zero-order chi connectivity index (χ0) is 16.1. The fourth-order valence-corrected chi connectivity index (χ4v) is 2.72. The molecule has 0 unspecified atom stereocenters. The molecule has 1 aromatic carbocycles. The highest BCUT2D eigenvalue weighted by Crippen LogP contribution is 2.19. The van der Waals surface area contributed by atoms with Gasteiger partial charge < -0.3 is 10.4 Å². The number of carbonyl (C=O) groups is 1. The van der Waals surface area contributed by atoms with E-state index in [0.29, 0.717) is 5.82 Å². The van der Waals surface area contributed by atoms with E-state index in [-0.39, 0.29) is 18.2 Å². The maximum absolute atomic E-state index is 12.0. The van der Waals surface area contributed by atoms with Crippen molar-refractivity contribution in [1.29, 1.82) is 0 Å². The summed E-state index contributed by atoms with van der Waals surface area (Å²) in [5.74, 6) is 0.415. The van der Waals surface area contributed by atoms with Crippen LogP contribution in [0.25, 0.3) is 11.3 Å². The number of amides is 2. The van der Waals surface area contributed by atoms with Gasteiger partial charge in [0.15, 0.2) is 5.82 Å². The molecule has 6 heteroatoms. The molecule has 0 spiro atoms. The highest BCUT2D eigenvalue weighted by atomic mass is 16.3. The number of urea groups is 1. The number of aliphatic hydroxyl groups excluding tert-OH is 1. The molecule has 120 valence electrons. The number of aromatic nitrogens is 2. The summed E-state index contributed by atoms with van der Waals surface area (Å²) in [6, 6.07) is 13.1. The Bertz CT molecular complexity index is 637. The molecule has 1 aromatic heterocycles. The van der Waals surface area contributed by atoms with Gasteiger partial charge in [-0.3, -0.25) is 5.32 Å². The maximum Gasteiger partial charge on any atom is 0.320 e. The molecule has 0 radical (unpaired) electrons. The molecule has 1 saturated carbocycles. The van der Waals surface area contributed by atoms with E-state index in [2.05, 4.69) is 20.8 Å². The highest BCUT2D eigenvalue weighted by molar-refractivity contribution is 5.88. The number of rotatable bonds is 3. The van der Waals surface area contributed by atoms with Crippen molar-refractivity contribution < 1.29 is 9.90 Å². The SMILES string of the molecule is O=C(Nc1ccc(-c2ccccc2)nn1)NC1CCC(O)CC1. The Kier molecular flexibility index (Phi) is 4.83. The fourth-order valence-electron chi connectivity index (χ4n) is 2.72. The lowest BCUT2D eigenvalue weighted by atomic mass is 9.93. The molecule has 3 N–H and O–H groups in total. The Balaban J connectivity index is 1.55. The second kappa shape index (κ2) is 7.19. The largest absolute Gasteiger partial charge is 0.393 e. The van der Waals surface area contributed by atoms with Gasteiger partial charge in [0.25, 0.3) is 0 Å². The first-order chi connectivity index (χ1) is 11.2. The molecule has 0 aliphatic heterocycles. The minimum absolute atomic E-state index is 0.106. The summed E-state index contributed by atoms with van der Waals surface area (Å²) in [4.78, 5) is 12.0. The van der Waals surface area contributed by atoms with Gasteiger partial charge in [-0.2, -0.15) is 0 Å². The van der Waals surface area contributed by atoms with Crippen LogP contribution in [0.3, 0.4) is 0 Å². The lowest BCUT2D eigenvalue weighted by Crippen LogP contribution is -2.41. The van der Waals surface area contributed by atoms with Crippen molar-refractivity contribution in [2.45, 2.75) is 37.8 Å². The van der Waals surface area contributed by atoms with Crippen molar-refractivity contribution in [3.63, 3.8) is 0 Å². The van der Waals surface area contributed by atoms with Crippen molar-refractivity contribution in [2.75, 3.05) is 5.32 Å². The van der Waals surface area contributed by atoms with Crippen LogP contribution in [0.1, 0.15) is 25.7 Å². The second-order valence-electron chi connectivity index (χ2n) is 5.77. The summed E-state index contributed by atoms with van der Waals surface area (Å²) in [7, 11) is 0. The van der Waals surface area contributed by atoms with Gasteiger partial charge in [-0.15, -0.1) is 10.2 Å². The summed E-state index contributed by atoms with van der Waals surface area (Å²) >= 11 is 0. The van der Waals surface area contributed by atoms with Crippen LogP contribution in [0.2, 0.25) is 0 Å².